The lowest BCUT2D eigenvalue weighted by Crippen LogP contribution is -2.42. The van der Waals surface area contributed by atoms with Crippen molar-refractivity contribution in [3.8, 4) is 0 Å². The molecule has 4 rings (SSSR count). The predicted octanol–water partition coefficient (Wildman–Crippen LogP) is 1.77. The van der Waals surface area contributed by atoms with Crippen LogP contribution in [0.1, 0.15) is 28.3 Å². The Morgan fingerprint density at radius 3 is 2.92 bits per heavy atom. The van der Waals surface area contributed by atoms with Gasteiger partial charge in [-0.05, 0) is 25.5 Å². The summed E-state index contributed by atoms with van der Waals surface area (Å²) in [5, 5.41) is 3.22. The Morgan fingerprint density at radius 2 is 2.08 bits per heavy atom. The third-order valence-electron chi connectivity index (χ3n) is 4.95. The van der Waals surface area contributed by atoms with Gasteiger partial charge in [0.2, 0.25) is 0 Å². The monoisotopic (exact) mass is 340 g/mol. The first kappa shape index (κ1) is 16.1. The smallest absolute Gasteiger partial charge is 0.253 e. The van der Waals surface area contributed by atoms with Crippen molar-refractivity contribution in [1.29, 1.82) is 0 Å². The van der Waals surface area contributed by atoms with E-state index in [0.29, 0.717) is 13.2 Å². The van der Waals surface area contributed by atoms with Crippen LogP contribution in [0, 0.1) is 6.92 Å². The van der Waals surface area contributed by atoms with Gasteiger partial charge in [-0.1, -0.05) is 12.1 Å². The molecule has 0 aliphatic carbocycles. The summed E-state index contributed by atoms with van der Waals surface area (Å²) in [4.78, 5) is 19.7. The molecule has 0 radical (unpaired) electrons. The number of ether oxygens (including phenoxy) is 1. The molecule has 0 spiro atoms. The molecule has 1 atom stereocenters. The number of hydrogen-bond acceptors (Lipinski definition) is 4. The summed E-state index contributed by atoms with van der Waals surface area (Å²) < 4.78 is 7.59. The Hall–Kier alpha value is -2.34. The number of aryl methyl sites for hydroxylation is 2. The van der Waals surface area contributed by atoms with E-state index in [-0.39, 0.29) is 11.9 Å². The lowest BCUT2D eigenvalue weighted by molar-refractivity contribution is 0.0926. The highest BCUT2D eigenvalue weighted by Gasteiger charge is 2.24. The normalized spacial score (nSPS) is 20.2. The van der Waals surface area contributed by atoms with E-state index in [1.54, 1.807) is 0 Å². The van der Waals surface area contributed by atoms with Crippen molar-refractivity contribution in [2.24, 2.45) is 0 Å². The van der Waals surface area contributed by atoms with E-state index in [2.05, 4.69) is 26.0 Å². The number of anilines is 1. The van der Waals surface area contributed by atoms with Gasteiger partial charge in [-0.2, -0.15) is 0 Å². The lowest BCUT2D eigenvalue weighted by Gasteiger charge is -2.31. The molecule has 2 aromatic rings. The first-order chi connectivity index (χ1) is 12.2. The average molecular weight is 340 g/mol. The third-order valence-corrected chi connectivity index (χ3v) is 4.95. The van der Waals surface area contributed by atoms with Gasteiger partial charge in [0, 0.05) is 44.0 Å². The SMILES string of the molecule is Cc1cn2c(n1)CC[C@H](NC(=O)c1ccccc1N1CCOCC1)C2. The molecule has 6 nitrogen and oxygen atoms in total. The maximum absolute atomic E-state index is 12.9. The lowest BCUT2D eigenvalue weighted by atomic mass is 10.1. The van der Waals surface area contributed by atoms with Gasteiger partial charge in [0.15, 0.2) is 0 Å². The summed E-state index contributed by atoms with van der Waals surface area (Å²) in [6, 6.07) is 8.00. The van der Waals surface area contributed by atoms with Gasteiger partial charge >= 0.3 is 0 Å². The summed E-state index contributed by atoms with van der Waals surface area (Å²) in [6.45, 7) is 5.87. The molecule has 1 aromatic heterocycles. The number of hydrogen-bond donors (Lipinski definition) is 1. The van der Waals surface area contributed by atoms with Crippen LogP contribution in [0.15, 0.2) is 30.5 Å². The van der Waals surface area contributed by atoms with Crippen molar-refractivity contribution in [3.63, 3.8) is 0 Å². The number of fused-ring (bicyclic) bond motifs is 1. The molecule has 132 valence electrons. The molecule has 1 aromatic carbocycles. The Labute approximate surface area is 147 Å². The number of benzene rings is 1. The zero-order chi connectivity index (χ0) is 17.2. The fourth-order valence-corrected chi connectivity index (χ4v) is 3.71. The Kier molecular flexibility index (Phi) is 4.44. The second-order valence-electron chi connectivity index (χ2n) is 6.78. The van der Waals surface area contributed by atoms with Gasteiger partial charge in [-0.15, -0.1) is 0 Å². The van der Waals surface area contributed by atoms with Crippen LogP contribution in [-0.4, -0.2) is 47.8 Å². The van der Waals surface area contributed by atoms with Gasteiger partial charge in [0.1, 0.15) is 5.82 Å². The maximum atomic E-state index is 12.9. The molecule has 3 heterocycles. The molecule has 1 saturated heterocycles. The number of amides is 1. The summed E-state index contributed by atoms with van der Waals surface area (Å²) in [7, 11) is 0. The first-order valence-corrected chi connectivity index (χ1v) is 8.96. The number of imidazole rings is 1. The number of aromatic nitrogens is 2. The fraction of sp³-hybridized carbons (Fsp3) is 0.474. The number of nitrogens with one attached hydrogen (secondary N) is 1. The quantitative estimate of drug-likeness (QED) is 0.925. The maximum Gasteiger partial charge on any atom is 0.253 e. The van der Waals surface area contributed by atoms with Crippen LogP contribution in [0.4, 0.5) is 5.69 Å². The van der Waals surface area contributed by atoms with Crippen LogP contribution in [0.3, 0.4) is 0 Å². The standard InChI is InChI=1S/C19H24N4O2/c1-14-12-23-13-15(6-7-18(23)20-14)21-19(24)16-4-2-3-5-17(16)22-8-10-25-11-9-22/h2-5,12,15H,6-11,13H2,1H3,(H,21,24)/t15-/m0/s1. The number of carbonyl (C=O) groups is 1. The summed E-state index contributed by atoms with van der Waals surface area (Å²) in [5.74, 6) is 1.13. The van der Waals surface area contributed by atoms with Gasteiger partial charge < -0.3 is 19.5 Å². The molecule has 0 bridgehead atoms. The van der Waals surface area contributed by atoms with Crippen molar-refractivity contribution >= 4 is 11.6 Å². The van der Waals surface area contributed by atoms with E-state index >= 15 is 0 Å². The number of para-hydroxylation sites is 1. The molecule has 6 heteroatoms. The van der Waals surface area contributed by atoms with Crippen LogP contribution in [0.25, 0.3) is 0 Å². The molecule has 0 saturated carbocycles. The molecule has 2 aliphatic heterocycles. The fourth-order valence-electron chi connectivity index (χ4n) is 3.71. The minimum absolute atomic E-state index is 0.00683. The Morgan fingerprint density at radius 1 is 1.28 bits per heavy atom. The van der Waals surface area contributed by atoms with Crippen molar-refractivity contribution in [1.82, 2.24) is 14.9 Å². The number of rotatable bonds is 3. The molecule has 1 amide bonds. The van der Waals surface area contributed by atoms with Crippen LogP contribution < -0.4 is 10.2 Å². The van der Waals surface area contributed by atoms with Gasteiger partial charge in [-0.25, -0.2) is 4.98 Å². The van der Waals surface area contributed by atoms with E-state index in [1.165, 1.54) is 0 Å². The highest BCUT2D eigenvalue weighted by Crippen LogP contribution is 2.22. The molecule has 1 N–H and O–H groups in total. The van der Waals surface area contributed by atoms with Crippen molar-refractivity contribution in [3.05, 3.63) is 47.5 Å². The van der Waals surface area contributed by atoms with E-state index in [0.717, 1.165) is 55.2 Å². The summed E-state index contributed by atoms with van der Waals surface area (Å²) in [6.07, 6.45) is 3.90. The zero-order valence-corrected chi connectivity index (χ0v) is 14.6. The predicted molar refractivity (Wildman–Crippen MR) is 96.0 cm³/mol. The first-order valence-electron chi connectivity index (χ1n) is 8.96. The third kappa shape index (κ3) is 3.39. The Balaban J connectivity index is 1.48. The van der Waals surface area contributed by atoms with E-state index in [1.807, 2.05) is 31.2 Å². The van der Waals surface area contributed by atoms with E-state index in [4.69, 9.17) is 4.74 Å². The molecule has 1 fully saturated rings. The zero-order valence-electron chi connectivity index (χ0n) is 14.6. The van der Waals surface area contributed by atoms with E-state index < -0.39 is 0 Å². The topological polar surface area (TPSA) is 59.4 Å². The highest BCUT2D eigenvalue weighted by molar-refractivity contribution is 6.00. The minimum Gasteiger partial charge on any atom is -0.378 e. The summed E-state index contributed by atoms with van der Waals surface area (Å²) >= 11 is 0. The minimum atomic E-state index is 0.00683. The van der Waals surface area contributed by atoms with Crippen LogP contribution in [0.5, 0.6) is 0 Å². The van der Waals surface area contributed by atoms with Gasteiger partial charge in [0.05, 0.1) is 24.5 Å². The van der Waals surface area contributed by atoms with Crippen molar-refractivity contribution in [2.75, 3.05) is 31.2 Å². The molecule has 25 heavy (non-hydrogen) atoms. The van der Waals surface area contributed by atoms with Gasteiger partial charge in [0.25, 0.3) is 5.91 Å². The van der Waals surface area contributed by atoms with Crippen LogP contribution in [-0.2, 0) is 17.7 Å². The highest BCUT2D eigenvalue weighted by atomic mass is 16.5. The van der Waals surface area contributed by atoms with Gasteiger partial charge in [-0.3, -0.25) is 4.79 Å². The average Bonchev–Trinajstić information content (AvgIpc) is 3.02. The molecular weight excluding hydrogens is 316 g/mol. The number of carbonyl (C=O) groups excluding carboxylic acids is 1. The van der Waals surface area contributed by atoms with Crippen molar-refractivity contribution in [2.45, 2.75) is 32.4 Å². The van der Waals surface area contributed by atoms with Crippen molar-refractivity contribution < 1.29 is 9.53 Å². The molecule has 2 aliphatic rings. The summed E-state index contributed by atoms with van der Waals surface area (Å²) in [5.41, 5.74) is 2.79. The second kappa shape index (κ2) is 6.88. The van der Waals surface area contributed by atoms with E-state index in [9.17, 15) is 4.79 Å². The largest absolute Gasteiger partial charge is 0.378 e. The number of morpholine rings is 1. The molecule has 0 unspecified atom stereocenters. The van der Waals surface area contributed by atoms with Crippen LogP contribution in [0.2, 0.25) is 0 Å². The number of nitrogens with zero attached hydrogens (tertiary/aromatic N) is 3. The Bertz CT molecular complexity index is 765. The molecular formula is C19H24N4O2. The second-order valence-corrected chi connectivity index (χ2v) is 6.78. The van der Waals surface area contributed by atoms with Crippen LogP contribution >= 0.6 is 0 Å².